The van der Waals surface area contributed by atoms with Crippen molar-refractivity contribution in [1.29, 1.82) is 0 Å². The molecule has 1 aliphatic rings. The van der Waals surface area contributed by atoms with E-state index in [0.717, 1.165) is 25.1 Å². The fraction of sp³-hybridized carbons (Fsp3) is 0.500. The Hall–Kier alpha value is -1.29. The van der Waals surface area contributed by atoms with Crippen molar-refractivity contribution < 1.29 is 9.50 Å². The normalized spacial score (nSPS) is 20.4. The van der Waals surface area contributed by atoms with Gasteiger partial charge in [-0.25, -0.2) is 4.39 Å². The molecule has 88 valence electrons. The van der Waals surface area contributed by atoms with Crippen LogP contribution in [0.5, 0.6) is 0 Å². The highest BCUT2D eigenvalue weighted by Crippen LogP contribution is 2.32. The molecule has 1 aliphatic heterocycles. The topological polar surface area (TPSA) is 49.5 Å². The van der Waals surface area contributed by atoms with Crippen LogP contribution >= 0.6 is 0 Å². The Morgan fingerprint density at radius 2 is 2.31 bits per heavy atom. The van der Waals surface area contributed by atoms with Gasteiger partial charge in [-0.05, 0) is 37.5 Å². The van der Waals surface area contributed by atoms with Gasteiger partial charge in [0.2, 0.25) is 0 Å². The quantitative estimate of drug-likeness (QED) is 0.751. The highest BCUT2D eigenvalue weighted by molar-refractivity contribution is 5.69. The number of benzene rings is 1. The van der Waals surface area contributed by atoms with Crippen LogP contribution in [0.2, 0.25) is 0 Å². The molecule has 1 aromatic rings. The van der Waals surface area contributed by atoms with Crippen molar-refractivity contribution in [3.8, 4) is 0 Å². The number of hydrogen-bond donors (Lipinski definition) is 2. The first kappa shape index (κ1) is 11.2. The molecule has 0 saturated carbocycles. The third-order valence-corrected chi connectivity index (χ3v) is 3.21. The lowest BCUT2D eigenvalue weighted by atomic mass is 10.1. The van der Waals surface area contributed by atoms with Gasteiger partial charge in [-0.3, -0.25) is 0 Å². The molecule has 1 atom stereocenters. The molecule has 16 heavy (non-hydrogen) atoms. The lowest BCUT2D eigenvalue weighted by molar-refractivity contribution is 0.266. The summed E-state index contributed by atoms with van der Waals surface area (Å²) in [6, 6.07) is 3.24. The molecule has 0 aromatic heterocycles. The maximum atomic E-state index is 13.3. The second kappa shape index (κ2) is 4.29. The van der Waals surface area contributed by atoms with Crippen molar-refractivity contribution in [3.63, 3.8) is 0 Å². The molecule has 2 rings (SSSR count). The molecule has 0 bridgehead atoms. The molecular formula is C12H17FN2O. The minimum atomic E-state index is -0.277. The summed E-state index contributed by atoms with van der Waals surface area (Å²) in [4.78, 5) is 2.07. The molecule has 1 saturated heterocycles. The van der Waals surface area contributed by atoms with Crippen LogP contribution in [0.15, 0.2) is 12.1 Å². The van der Waals surface area contributed by atoms with Crippen LogP contribution < -0.4 is 10.6 Å². The SMILES string of the molecule is Cc1cc(N2CCCC2CO)c(N)cc1F. The van der Waals surface area contributed by atoms with Crippen molar-refractivity contribution in [2.24, 2.45) is 0 Å². The van der Waals surface area contributed by atoms with E-state index in [-0.39, 0.29) is 18.5 Å². The van der Waals surface area contributed by atoms with Gasteiger partial charge in [0.15, 0.2) is 0 Å². The first-order valence-corrected chi connectivity index (χ1v) is 5.56. The number of rotatable bonds is 2. The largest absolute Gasteiger partial charge is 0.397 e. The number of aliphatic hydroxyl groups is 1. The van der Waals surface area contributed by atoms with E-state index in [9.17, 15) is 9.50 Å². The maximum Gasteiger partial charge on any atom is 0.128 e. The number of nitrogens with two attached hydrogens (primary N) is 1. The lowest BCUT2D eigenvalue weighted by Gasteiger charge is -2.27. The van der Waals surface area contributed by atoms with Gasteiger partial charge in [0, 0.05) is 6.54 Å². The number of hydrogen-bond acceptors (Lipinski definition) is 3. The molecule has 3 N–H and O–H groups in total. The van der Waals surface area contributed by atoms with Crippen LogP contribution in [0.4, 0.5) is 15.8 Å². The molecule has 4 heteroatoms. The highest BCUT2D eigenvalue weighted by Gasteiger charge is 2.25. The summed E-state index contributed by atoms with van der Waals surface area (Å²) >= 11 is 0. The van der Waals surface area contributed by atoms with Gasteiger partial charge in [-0.15, -0.1) is 0 Å². The fourth-order valence-corrected chi connectivity index (χ4v) is 2.27. The van der Waals surface area contributed by atoms with Gasteiger partial charge in [0.05, 0.1) is 24.0 Å². The van der Waals surface area contributed by atoms with Gasteiger partial charge in [0.1, 0.15) is 5.82 Å². The number of nitrogen functional groups attached to an aromatic ring is 1. The molecular weight excluding hydrogens is 207 g/mol. The molecule has 0 aliphatic carbocycles. The monoisotopic (exact) mass is 224 g/mol. The average Bonchev–Trinajstić information content (AvgIpc) is 2.71. The van der Waals surface area contributed by atoms with E-state index in [1.54, 1.807) is 13.0 Å². The van der Waals surface area contributed by atoms with Crippen LogP contribution in [0.25, 0.3) is 0 Å². The summed E-state index contributed by atoms with van der Waals surface area (Å²) < 4.78 is 13.3. The first-order valence-electron chi connectivity index (χ1n) is 5.56. The number of anilines is 2. The number of halogens is 1. The highest BCUT2D eigenvalue weighted by atomic mass is 19.1. The third kappa shape index (κ3) is 1.85. The number of aryl methyl sites for hydroxylation is 1. The van der Waals surface area contributed by atoms with E-state index in [4.69, 9.17) is 5.73 Å². The Morgan fingerprint density at radius 3 is 3.00 bits per heavy atom. The zero-order valence-corrected chi connectivity index (χ0v) is 9.41. The van der Waals surface area contributed by atoms with Gasteiger partial charge >= 0.3 is 0 Å². The van der Waals surface area contributed by atoms with E-state index in [0.29, 0.717) is 11.3 Å². The van der Waals surface area contributed by atoms with Gasteiger partial charge < -0.3 is 15.7 Å². The minimum Gasteiger partial charge on any atom is -0.397 e. The predicted octanol–water partition coefficient (Wildman–Crippen LogP) is 1.68. The Bertz CT molecular complexity index is 395. The van der Waals surface area contributed by atoms with Crippen molar-refractivity contribution in [1.82, 2.24) is 0 Å². The standard InChI is InChI=1S/C12H17FN2O/c1-8-5-12(11(14)6-10(8)13)15-4-2-3-9(15)7-16/h5-6,9,16H,2-4,7,14H2,1H3. The zero-order chi connectivity index (χ0) is 11.7. The lowest BCUT2D eigenvalue weighted by Crippen LogP contribution is -2.32. The van der Waals surface area contributed by atoms with E-state index in [1.807, 2.05) is 0 Å². The van der Waals surface area contributed by atoms with Gasteiger partial charge in [-0.1, -0.05) is 0 Å². The van der Waals surface area contributed by atoms with E-state index in [1.165, 1.54) is 6.07 Å². The van der Waals surface area contributed by atoms with Crippen molar-refractivity contribution >= 4 is 11.4 Å². The van der Waals surface area contributed by atoms with Crippen molar-refractivity contribution in [2.75, 3.05) is 23.8 Å². The number of nitrogens with zero attached hydrogens (tertiary/aromatic N) is 1. The molecule has 0 spiro atoms. The Balaban J connectivity index is 2.36. The molecule has 1 unspecified atom stereocenters. The second-order valence-electron chi connectivity index (χ2n) is 4.33. The van der Waals surface area contributed by atoms with Crippen molar-refractivity contribution in [3.05, 3.63) is 23.5 Å². The van der Waals surface area contributed by atoms with Crippen LogP contribution in [-0.4, -0.2) is 24.3 Å². The van der Waals surface area contributed by atoms with E-state index in [2.05, 4.69) is 4.90 Å². The summed E-state index contributed by atoms with van der Waals surface area (Å²) in [6.45, 7) is 2.72. The molecule has 1 aromatic carbocycles. The van der Waals surface area contributed by atoms with Gasteiger partial charge in [-0.2, -0.15) is 0 Å². The predicted molar refractivity (Wildman–Crippen MR) is 63.0 cm³/mol. The number of aliphatic hydroxyl groups excluding tert-OH is 1. The Kier molecular flexibility index (Phi) is 3.01. The Labute approximate surface area is 94.7 Å². The summed E-state index contributed by atoms with van der Waals surface area (Å²) in [6.07, 6.45) is 2.01. The molecule has 0 radical (unpaired) electrons. The molecule has 1 heterocycles. The fourth-order valence-electron chi connectivity index (χ4n) is 2.27. The first-order chi connectivity index (χ1) is 7.63. The van der Waals surface area contributed by atoms with E-state index < -0.39 is 0 Å². The summed E-state index contributed by atoms with van der Waals surface area (Å²) in [7, 11) is 0. The summed E-state index contributed by atoms with van der Waals surface area (Å²) in [5, 5.41) is 9.26. The van der Waals surface area contributed by atoms with Crippen molar-refractivity contribution in [2.45, 2.75) is 25.8 Å². The molecule has 1 fully saturated rings. The van der Waals surface area contributed by atoms with Crippen LogP contribution in [0, 0.1) is 12.7 Å². The summed E-state index contributed by atoms with van der Waals surface area (Å²) in [5.41, 5.74) is 7.70. The summed E-state index contributed by atoms with van der Waals surface area (Å²) in [5.74, 6) is -0.277. The molecule has 0 amide bonds. The van der Waals surface area contributed by atoms with Crippen LogP contribution in [-0.2, 0) is 0 Å². The molecule has 3 nitrogen and oxygen atoms in total. The van der Waals surface area contributed by atoms with Crippen LogP contribution in [0.3, 0.4) is 0 Å². The maximum absolute atomic E-state index is 13.3. The van der Waals surface area contributed by atoms with Crippen LogP contribution in [0.1, 0.15) is 18.4 Å². The van der Waals surface area contributed by atoms with Gasteiger partial charge in [0.25, 0.3) is 0 Å². The Morgan fingerprint density at radius 1 is 1.56 bits per heavy atom. The third-order valence-electron chi connectivity index (χ3n) is 3.21. The smallest absolute Gasteiger partial charge is 0.128 e. The second-order valence-corrected chi connectivity index (χ2v) is 4.33. The zero-order valence-electron chi connectivity index (χ0n) is 9.41. The minimum absolute atomic E-state index is 0.118. The average molecular weight is 224 g/mol. The van der Waals surface area contributed by atoms with E-state index >= 15 is 0 Å².